The first-order valence-electron chi connectivity index (χ1n) is 11.6. The Kier molecular flexibility index (Phi) is 9.43. The third kappa shape index (κ3) is 7.15. The van der Waals surface area contributed by atoms with Crippen LogP contribution in [0.4, 0.5) is 15.8 Å². The van der Waals surface area contributed by atoms with E-state index in [2.05, 4.69) is 29.2 Å². The molecule has 5 nitrogen and oxygen atoms in total. The van der Waals surface area contributed by atoms with Crippen molar-refractivity contribution in [1.82, 2.24) is 4.90 Å². The van der Waals surface area contributed by atoms with Crippen LogP contribution in [0.1, 0.15) is 31.4 Å². The van der Waals surface area contributed by atoms with E-state index in [0.717, 1.165) is 47.5 Å². The number of carbonyl (C=O) groups excluding carboxylic acids is 1. The minimum atomic E-state index is -0.279. The molecule has 1 aliphatic rings. The van der Waals surface area contributed by atoms with Gasteiger partial charge in [-0.05, 0) is 86.4 Å². The van der Waals surface area contributed by atoms with Crippen molar-refractivity contribution in [1.29, 1.82) is 0 Å². The van der Waals surface area contributed by atoms with Gasteiger partial charge in [0.05, 0.1) is 5.69 Å². The third-order valence-corrected chi connectivity index (χ3v) is 6.27. The van der Waals surface area contributed by atoms with Gasteiger partial charge in [-0.25, -0.2) is 4.39 Å². The van der Waals surface area contributed by atoms with Gasteiger partial charge in [0.2, 0.25) is 6.41 Å². The maximum absolute atomic E-state index is 14.7. The quantitative estimate of drug-likeness (QED) is 0.330. The fraction of sp³-hybridized carbons (Fsp3) is 0.250. The lowest BCUT2D eigenvalue weighted by Crippen LogP contribution is -2.29. The molecule has 35 heavy (non-hydrogen) atoms. The summed E-state index contributed by atoms with van der Waals surface area (Å²) in [4.78, 5) is 12.2. The maximum Gasteiger partial charge on any atom is 0.211 e. The Morgan fingerprint density at radius 3 is 2.51 bits per heavy atom. The number of halogens is 2. The molecule has 184 valence electrons. The molecule has 2 unspecified atom stereocenters. The van der Waals surface area contributed by atoms with Crippen molar-refractivity contribution in [2.75, 3.05) is 24.2 Å². The van der Waals surface area contributed by atoms with Crippen molar-refractivity contribution in [3.05, 3.63) is 95.4 Å². The van der Waals surface area contributed by atoms with Crippen LogP contribution in [0.3, 0.4) is 0 Å². The van der Waals surface area contributed by atoms with Gasteiger partial charge in [0, 0.05) is 28.5 Å². The van der Waals surface area contributed by atoms with E-state index in [9.17, 15) is 9.18 Å². The maximum atomic E-state index is 14.7. The number of anilines is 2. The first-order valence-corrected chi connectivity index (χ1v) is 11.9. The Bertz CT molecular complexity index is 1150. The number of benzene rings is 3. The molecule has 2 atom stereocenters. The van der Waals surface area contributed by atoms with E-state index < -0.39 is 0 Å². The molecule has 1 heterocycles. The number of carbonyl (C=O) groups is 1. The zero-order chi connectivity index (χ0) is 25.4. The topological polar surface area (TPSA) is 70.4 Å². The number of nitrogens with one attached hydrogen (secondary N) is 2. The molecular weight excluding hydrogens is 463 g/mol. The van der Waals surface area contributed by atoms with E-state index in [1.807, 2.05) is 37.3 Å². The van der Waals surface area contributed by atoms with Crippen LogP contribution in [0.25, 0.3) is 11.1 Å². The van der Waals surface area contributed by atoms with Crippen LogP contribution in [-0.4, -0.2) is 30.9 Å². The highest BCUT2D eigenvalue weighted by Gasteiger charge is 2.24. The Morgan fingerprint density at radius 1 is 1.20 bits per heavy atom. The van der Waals surface area contributed by atoms with E-state index in [1.165, 1.54) is 0 Å². The van der Waals surface area contributed by atoms with Crippen molar-refractivity contribution >= 4 is 29.4 Å². The van der Waals surface area contributed by atoms with Gasteiger partial charge in [0.1, 0.15) is 5.82 Å². The van der Waals surface area contributed by atoms with Crippen molar-refractivity contribution in [2.45, 2.75) is 31.8 Å². The van der Waals surface area contributed by atoms with Crippen molar-refractivity contribution < 1.29 is 9.18 Å². The Balaban J connectivity index is 0.000000287. The largest absolute Gasteiger partial charge is 0.356 e. The van der Waals surface area contributed by atoms with Gasteiger partial charge in [-0.15, -0.1) is 0 Å². The lowest BCUT2D eigenvalue weighted by Gasteiger charge is -2.23. The van der Waals surface area contributed by atoms with Gasteiger partial charge in [-0.2, -0.15) is 0 Å². The third-order valence-electron chi connectivity index (χ3n) is 6.02. The summed E-state index contributed by atoms with van der Waals surface area (Å²) in [6.07, 6.45) is 2.84. The molecule has 0 bridgehead atoms. The number of amides is 1. The Morgan fingerprint density at radius 2 is 1.91 bits per heavy atom. The zero-order valence-electron chi connectivity index (χ0n) is 20.1. The van der Waals surface area contributed by atoms with Crippen LogP contribution in [0.15, 0.2) is 79.0 Å². The zero-order valence-corrected chi connectivity index (χ0v) is 20.9. The number of hydrogen-bond acceptors (Lipinski definition) is 4. The first-order chi connectivity index (χ1) is 16.8. The molecule has 0 radical (unpaired) electrons. The Labute approximate surface area is 211 Å². The summed E-state index contributed by atoms with van der Waals surface area (Å²) in [7, 11) is 2.08. The van der Waals surface area contributed by atoms with Gasteiger partial charge >= 0.3 is 0 Å². The monoisotopic (exact) mass is 494 g/mol. The summed E-state index contributed by atoms with van der Waals surface area (Å²) in [5.74, 6) is -0.279. The number of nitrogens with zero attached hydrogens (tertiary/aromatic N) is 1. The average Bonchev–Trinajstić information content (AvgIpc) is 3.28. The fourth-order valence-corrected chi connectivity index (χ4v) is 4.29. The predicted octanol–water partition coefficient (Wildman–Crippen LogP) is 6.44. The molecule has 0 aliphatic carbocycles. The lowest BCUT2D eigenvalue weighted by atomic mass is 9.95. The van der Waals surface area contributed by atoms with Crippen LogP contribution >= 0.6 is 11.6 Å². The molecule has 7 heteroatoms. The van der Waals surface area contributed by atoms with Gasteiger partial charge in [0.15, 0.2) is 0 Å². The van der Waals surface area contributed by atoms with E-state index in [-0.39, 0.29) is 17.9 Å². The molecule has 1 fully saturated rings. The molecule has 0 spiro atoms. The number of likely N-dealkylation sites (tertiary alicyclic amines) is 1. The second kappa shape index (κ2) is 12.5. The molecule has 0 saturated carbocycles. The smallest absolute Gasteiger partial charge is 0.211 e. The average molecular weight is 495 g/mol. The van der Waals surface area contributed by atoms with E-state index in [1.54, 1.807) is 36.4 Å². The molecule has 4 N–H and O–H groups in total. The fourth-order valence-electron chi connectivity index (χ4n) is 4.16. The van der Waals surface area contributed by atoms with Crippen molar-refractivity contribution in [3.63, 3.8) is 0 Å². The lowest BCUT2D eigenvalue weighted by molar-refractivity contribution is -0.105. The minimum Gasteiger partial charge on any atom is -0.356 e. The van der Waals surface area contributed by atoms with Crippen LogP contribution in [0.5, 0.6) is 0 Å². The molecule has 3 aromatic carbocycles. The number of likely N-dealkylation sites (N-methyl/N-ethyl adjacent to an activating group) is 1. The summed E-state index contributed by atoms with van der Waals surface area (Å²) in [5.41, 5.74) is 10.9. The predicted molar refractivity (Wildman–Crippen MR) is 144 cm³/mol. The highest BCUT2D eigenvalue weighted by atomic mass is 35.5. The van der Waals surface area contributed by atoms with E-state index in [4.69, 9.17) is 17.3 Å². The van der Waals surface area contributed by atoms with Gasteiger partial charge in [0.25, 0.3) is 0 Å². The van der Waals surface area contributed by atoms with Crippen LogP contribution < -0.4 is 16.4 Å². The summed E-state index contributed by atoms with van der Waals surface area (Å²) < 4.78 is 14.7. The minimum absolute atomic E-state index is 0.102. The van der Waals surface area contributed by atoms with Crippen LogP contribution in [0, 0.1) is 5.82 Å². The van der Waals surface area contributed by atoms with Gasteiger partial charge in [-0.3, -0.25) is 9.69 Å². The van der Waals surface area contributed by atoms with Crippen LogP contribution in [0.2, 0.25) is 5.02 Å². The molecule has 1 amide bonds. The summed E-state index contributed by atoms with van der Waals surface area (Å²) in [6.45, 7) is 7.10. The highest BCUT2D eigenvalue weighted by molar-refractivity contribution is 6.30. The van der Waals surface area contributed by atoms with Crippen molar-refractivity contribution in [2.24, 2.45) is 5.73 Å². The highest BCUT2D eigenvalue weighted by Crippen LogP contribution is 2.31. The van der Waals surface area contributed by atoms with E-state index >= 15 is 0 Å². The molecule has 1 aliphatic heterocycles. The molecule has 4 rings (SSSR count). The van der Waals surface area contributed by atoms with Gasteiger partial charge in [-0.1, -0.05) is 48.5 Å². The molecular formula is C28H32ClFN4O. The van der Waals surface area contributed by atoms with Gasteiger partial charge < -0.3 is 16.4 Å². The standard InChI is InChI=1S/C21H26FN3.C7H6ClNO/c1-14(23)17-7-4-5-8-18(17)16-10-11-20(19(22)13-16)24-15(2)21-9-6-12-25(21)3;8-6-1-3-7(4-2-6)9-5-10/h4-5,7-8,10-11,13-14,21,24H,2,6,9,12,23H2,1,3H3;1-5H,(H,9,10). The van der Waals surface area contributed by atoms with Crippen LogP contribution in [-0.2, 0) is 4.79 Å². The first kappa shape index (κ1) is 26.4. The number of hydrogen-bond donors (Lipinski definition) is 3. The second-order valence-corrected chi connectivity index (χ2v) is 9.06. The summed E-state index contributed by atoms with van der Waals surface area (Å²) in [6, 6.07) is 20.2. The number of rotatable bonds is 7. The second-order valence-electron chi connectivity index (χ2n) is 8.63. The van der Waals surface area contributed by atoms with Crippen molar-refractivity contribution in [3.8, 4) is 11.1 Å². The summed E-state index contributed by atoms with van der Waals surface area (Å²) in [5, 5.41) is 6.32. The summed E-state index contributed by atoms with van der Waals surface area (Å²) >= 11 is 5.60. The molecule has 3 aromatic rings. The Hall–Kier alpha value is -3.19. The SMILES string of the molecule is C=C(Nc1ccc(-c2ccccc2C(C)N)cc1F)C1CCCN1C.O=CNc1ccc(Cl)cc1. The normalized spacial score (nSPS) is 16.1. The number of nitrogens with two attached hydrogens (primary N) is 1. The molecule has 0 aromatic heterocycles. The van der Waals surface area contributed by atoms with E-state index in [0.29, 0.717) is 17.1 Å². The molecule has 1 saturated heterocycles.